The summed E-state index contributed by atoms with van der Waals surface area (Å²) in [7, 11) is 0. The Labute approximate surface area is 273 Å². The highest BCUT2D eigenvalue weighted by atomic mass is 32.2. The summed E-state index contributed by atoms with van der Waals surface area (Å²) in [6, 6.07) is 6.06. The van der Waals surface area contributed by atoms with Crippen molar-refractivity contribution >= 4 is 29.0 Å². The number of carbonyl (C=O) groups excluding carboxylic acids is 1. The molecule has 1 aliphatic rings. The highest BCUT2D eigenvalue weighted by Gasteiger charge is 2.21. The zero-order chi connectivity index (χ0) is 32.9. The van der Waals surface area contributed by atoms with Gasteiger partial charge in [-0.3, -0.25) is 24.6 Å². The Bertz CT molecular complexity index is 1500. The van der Waals surface area contributed by atoms with Crippen LogP contribution in [0.3, 0.4) is 0 Å². The van der Waals surface area contributed by atoms with Crippen molar-refractivity contribution < 1.29 is 23.9 Å². The summed E-state index contributed by atoms with van der Waals surface area (Å²) in [5.74, 6) is 0.879. The minimum Gasteiger partial charge on any atom is -0.493 e. The molecule has 0 atom stereocenters. The quantitative estimate of drug-likeness (QED) is 0.0643. The first-order valence-corrected chi connectivity index (χ1v) is 17.0. The van der Waals surface area contributed by atoms with Gasteiger partial charge in [-0.25, -0.2) is 9.29 Å². The summed E-state index contributed by atoms with van der Waals surface area (Å²) < 4.78 is 21.0. The molecule has 0 aliphatic carbocycles. The highest BCUT2D eigenvalue weighted by Crippen LogP contribution is 2.34. The van der Waals surface area contributed by atoms with E-state index in [0.29, 0.717) is 49.8 Å². The molecule has 3 heterocycles. The summed E-state index contributed by atoms with van der Waals surface area (Å²) in [6.07, 6.45) is 5.20. The molecule has 14 heteroatoms. The molecular formula is C32H46N6O7S. The van der Waals surface area contributed by atoms with Gasteiger partial charge in [0.05, 0.1) is 37.3 Å². The fourth-order valence-corrected chi connectivity index (χ4v) is 6.24. The fourth-order valence-electron chi connectivity index (χ4n) is 5.30. The van der Waals surface area contributed by atoms with Gasteiger partial charge in [-0.05, 0) is 55.5 Å². The van der Waals surface area contributed by atoms with Crippen LogP contribution in [0.1, 0.15) is 52.0 Å². The molecule has 1 fully saturated rings. The van der Waals surface area contributed by atoms with Crippen molar-refractivity contribution in [3.8, 4) is 17.1 Å². The van der Waals surface area contributed by atoms with Crippen molar-refractivity contribution in [3.05, 3.63) is 50.4 Å². The zero-order valence-corrected chi connectivity index (χ0v) is 27.9. The van der Waals surface area contributed by atoms with E-state index in [1.807, 2.05) is 35.9 Å². The number of hydrogen-bond donors (Lipinski definition) is 1. The highest BCUT2D eigenvalue weighted by molar-refractivity contribution is 7.97. The summed E-state index contributed by atoms with van der Waals surface area (Å²) in [4.78, 5) is 46.5. The number of aromatic nitrogens is 3. The van der Waals surface area contributed by atoms with Gasteiger partial charge >= 0.3 is 5.97 Å². The molecule has 3 aromatic rings. The van der Waals surface area contributed by atoms with Crippen LogP contribution in [0.4, 0.5) is 0 Å². The van der Waals surface area contributed by atoms with Crippen LogP contribution in [0.15, 0.2) is 34.1 Å². The number of piperazine rings is 1. The third kappa shape index (κ3) is 10.0. The largest absolute Gasteiger partial charge is 0.493 e. The maximum atomic E-state index is 13.3. The van der Waals surface area contributed by atoms with Crippen molar-refractivity contribution in [1.29, 1.82) is 0 Å². The molecule has 1 aliphatic heterocycles. The molecule has 1 N–H and O–H groups in total. The number of ether oxygens (including phenoxy) is 3. The number of fused-ring (bicyclic) bond motifs is 1. The summed E-state index contributed by atoms with van der Waals surface area (Å²) in [5, 5.41) is 10.3. The molecule has 0 amide bonds. The summed E-state index contributed by atoms with van der Waals surface area (Å²) in [5.41, 5.74) is 3.07. The van der Waals surface area contributed by atoms with E-state index < -0.39 is 0 Å². The van der Waals surface area contributed by atoms with Gasteiger partial charge in [-0.1, -0.05) is 20.3 Å². The van der Waals surface area contributed by atoms with Gasteiger partial charge in [-0.15, -0.1) is 0 Å². The topological polar surface area (TPSA) is 145 Å². The molecule has 0 bridgehead atoms. The normalized spacial score (nSPS) is 14.2. The zero-order valence-electron chi connectivity index (χ0n) is 27.1. The van der Waals surface area contributed by atoms with E-state index in [1.54, 1.807) is 11.9 Å². The number of carbonyl (C=O) groups is 1. The molecule has 13 nitrogen and oxygen atoms in total. The van der Waals surface area contributed by atoms with Crippen molar-refractivity contribution in [2.75, 3.05) is 65.7 Å². The van der Waals surface area contributed by atoms with Crippen molar-refractivity contribution in [2.24, 2.45) is 0 Å². The van der Waals surface area contributed by atoms with E-state index in [2.05, 4.69) is 28.0 Å². The number of benzene rings is 1. The van der Waals surface area contributed by atoms with E-state index >= 15 is 0 Å². The molecule has 0 saturated carbocycles. The van der Waals surface area contributed by atoms with Gasteiger partial charge in [-0.2, -0.15) is 0 Å². The van der Waals surface area contributed by atoms with E-state index in [9.17, 15) is 19.7 Å². The lowest BCUT2D eigenvalue weighted by atomic mass is 10.1. The van der Waals surface area contributed by atoms with E-state index in [-0.39, 0.29) is 42.6 Å². The molecule has 46 heavy (non-hydrogen) atoms. The second kappa shape index (κ2) is 18.0. The van der Waals surface area contributed by atoms with Crippen LogP contribution >= 0.6 is 11.9 Å². The van der Waals surface area contributed by atoms with Gasteiger partial charge in [0.25, 0.3) is 5.56 Å². The smallest absolute Gasteiger partial charge is 0.308 e. The first kappa shape index (κ1) is 35.4. The number of H-pyrrole nitrogens is 1. The molecular weight excluding hydrogens is 612 g/mol. The number of aryl methyl sites for hydroxylation is 2. The van der Waals surface area contributed by atoms with Crippen molar-refractivity contribution in [1.82, 2.24) is 23.7 Å². The standard InChI is InChI=1S/C32H46N6O7S/c1-4-8-24-23-36(6-3)30-29(24)33-31(34-32(30)40)26-22-25(9-10-27(26)44-18-5-2)46-37-15-13-35(14-16-37)17-21-45-28(39)11-20-43-19-7-12-38(41)42/h9-10,22-23H,4-8,11-21H2,1-3H3,(H,33,34,40). The molecule has 1 saturated heterocycles. The molecule has 2 aromatic heterocycles. The predicted octanol–water partition coefficient (Wildman–Crippen LogP) is 4.39. The van der Waals surface area contributed by atoms with Gasteiger partial charge < -0.3 is 23.8 Å². The van der Waals surface area contributed by atoms with Crippen molar-refractivity contribution in [3.63, 3.8) is 0 Å². The average molecular weight is 659 g/mol. The molecule has 4 rings (SSSR count). The number of nitrogens with one attached hydrogen (secondary N) is 1. The number of nitro groups is 1. The molecule has 1 aromatic carbocycles. The Hall–Kier alpha value is -3.46. The molecule has 0 spiro atoms. The lowest BCUT2D eigenvalue weighted by molar-refractivity contribution is -0.480. The average Bonchev–Trinajstić information content (AvgIpc) is 3.40. The van der Waals surface area contributed by atoms with Crippen LogP contribution < -0.4 is 10.3 Å². The maximum absolute atomic E-state index is 13.3. The Morgan fingerprint density at radius 2 is 1.89 bits per heavy atom. The second-order valence-electron chi connectivity index (χ2n) is 11.2. The van der Waals surface area contributed by atoms with Gasteiger partial charge in [0.2, 0.25) is 6.54 Å². The van der Waals surface area contributed by atoms with Crippen LogP contribution in [0.25, 0.3) is 22.4 Å². The maximum Gasteiger partial charge on any atom is 0.308 e. The van der Waals surface area contributed by atoms with E-state index in [4.69, 9.17) is 19.2 Å². The van der Waals surface area contributed by atoms with E-state index in [0.717, 1.165) is 67.0 Å². The third-order valence-corrected chi connectivity index (χ3v) is 8.73. The van der Waals surface area contributed by atoms with Crippen LogP contribution in [0, 0.1) is 10.1 Å². The minimum absolute atomic E-state index is 0.135. The van der Waals surface area contributed by atoms with Gasteiger partial charge in [0.15, 0.2) is 0 Å². The Balaban J connectivity index is 1.33. The van der Waals surface area contributed by atoms with Crippen LogP contribution in [-0.4, -0.2) is 100 Å². The Morgan fingerprint density at radius 1 is 1.09 bits per heavy atom. The summed E-state index contributed by atoms with van der Waals surface area (Å²) in [6.45, 7) is 12.1. The van der Waals surface area contributed by atoms with Crippen molar-refractivity contribution in [2.45, 2.75) is 64.3 Å². The minimum atomic E-state index is -0.384. The number of esters is 1. The van der Waals surface area contributed by atoms with Crippen LogP contribution in [0.5, 0.6) is 5.75 Å². The summed E-state index contributed by atoms with van der Waals surface area (Å²) >= 11 is 1.67. The molecule has 0 unspecified atom stereocenters. The first-order valence-electron chi connectivity index (χ1n) is 16.2. The SMILES string of the molecule is CCCOc1ccc(SN2CCN(CCOC(=O)CCOCCC[N+](=O)[O-])CC2)cc1-c1nc2c(CCC)cn(CC)c2c(=O)[nH]1. The first-order chi connectivity index (χ1) is 22.3. The molecule has 252 valence electrons. The predicted molar refractivity (Wildman–Crippen MR) is 178 cm³/mol. The molecule has 0 radical (unpaired) electrons. The van der Waals surface area contributed by atoms with E-state index in [1.165, 1.54) is 0 Å². The van der Waals surface area contributed by atoms with Gasteiger partial charge in [0, 0.05) is 61.7 Å². The van der Waals surface area contributed by atoms with Crippen LogP contribution in [0.2, 0.25) is 0 Å². The van der Waals surface area contributed by atoms with Gasteiger partial charge in [0.1, 0.15) is 23.7 Å². The lowest BCUT2D eigenvalue weighted by Gasteiger charge is -2.33. The fraction of sp³-hybridized carbons (Fsp3) is 0.594. The second-order valence-corrected chi connectivity index (χ2v) is 12.3. The Kier molecular flexibility index (Phi) is 13.9. The number of aromatic amines is 1. The Morgan fingerprint density at radius 3 is 2.61 bits per heavy atom. The number of nitrogens with zero attached hydrogens (tertiary/aromatic N) is 5. The monoisotopic (exact) mass is 658 g/mol. The third-order valence-electron chi connectivity index (χ3n) is 7.64. The van der Waals surface area contributed by atoms with Crippen LogP contribution in [-0.2, 0) is 27.2 Å². The number of rotatable bonds is 19. The lowest BCUT2D eigenvalue weighted by Crippen LogP contribution is -2.44. The number of hydrogen-bond acceptors (Lipinski definition) is 11.